The van der Waals surface area contributed by atoms with Gasteiger partial charge in [-0.25, -0.2) is 0 Å². The SMILES string of the molecule is O=C(Cc1ccc(OCc2ccccn2)cc1)N1CCC[C@H]1c1nn[nH]n1. The van der Waals surface area contributed by atoms with Gasteiger partial charge in [0.05, 0.1) is 18.2 Å². The highest BCUT2D eigenvalue weighted by atomic mass is 16.5. The number of H-pyrrole nitrogens is 1. The third kappa shape index (κ3) is 4.11. The summed E-state index contributed by atoms with van der Waals surface area (Å²) in [5.41, 5.74) is 1.82. The van der Waals surface area contributed by atoms with E-state index in [1.807, 2.05) is 47.4 Å². The van der Waals surface area contributed by atoms with E-state index < -0.39 is 0 Å². The summed E-state index contributed by atoms with van der Waals surface area (Å²) < 4.78 is 5.73. The first-order chi connectivity index (χ1) is 13.3. The number of nitrogens with one attached hydrogen (secondary N) is 1. The predicted octanol–water partition coefficient (Wildman–Crippen LogP) is 2.08. The predicted molar refractivity (Wildman–Crippen MR) is 96.6 cm³/mol. The van der Waals surface area contributed by atoms with Crippen LogP contribution in [0.5, 0.6) is 5.75 Å². The van der Waals surface area contributed by atoms with Gasteiger partial charge < -0.3 is 9.64 Å². The Balaban J connectivity index is 1.34. The number of aromatic amines is 1. The highest BCUT2D eigenvalue weighted by Gasteiger charge is 2.32. The molecule has 1 atom stereocenters. The van der Waals surface area contributed by atoms with E-state index in [-0.39, 0.29) is 11.9 Å². The van der Waals surface area contributed by atoms with E-state index in [0.717, 1.165) is 36.4 Å². The first kappa shape index (κ1) is 17.1. The molecule has 1 aromatic carbocycles. The quantitative estimate of drug-likeness (QED) is 0.719. The summed E-state index contributed by atoms with van der Waals surface area (Å²) >= 11 is 0. The first-order valence-electron chi connectivity index (χ1n) is 8.94. The molecule has 8 heteroatoms. The molecule has 3 aromatic rings. The second-order valence-corrected chi connectivity index (χ2v) is 6.45. The maximum Gasteiger partial charge on any atom is 0.227 e. The first-order valence-corrected chi connectivity index (χ1v) is 8.94. The number of ether oxygens (including phenoxy) is 1. The highest BCUT2D eigenvalue weighted by molar-refractivity contribution is 5.79. The van der Waals surface area contributed by atoms with Crippen molar-refractivity contribution in [3.05, 3.63) is 65.7 Å². The number of hydrogen-bond acceptors (Lipinski definition) is 6. The number of likely N-dealkylation sites (tertiary alicyclic amines) is 1. The number of aromatic nitrogens is 5. The molecule has 2 aromatic heterocycles. The van der Waals surface area contributed by atoms with Gasteiger partial charge in [0.25, 0.3) is 0 Å². The lowest BCUT2D eigenvalue weighted by Crippen LogP contribution is -2.32. The zero-order valence-electron chi connectivity index (χ0n) is 14.8. The van der Waals surface area contributed by atoms with Gasteiger partial charge in [-0.15, -0.1) is 10.2 Å². The van der Waals surface area contributed by atoms with Crippen LogP contribution in [0.2, 0.25) is 0 Å². The Labute approximate surface area is 156 Å². The molecule has 8 nitrogen and oxygen atoms in total. The molecule has 3 heterocycles. The van der Waals surface area contributed by atoms with Gasteiger partial charge in [0.15, 0.2) is 5.82 Å². The summed E-state index contributed by atoms with van der Waals surface area (Å²) in [7, 11) is 0. The summed E-state index contributed by atoms with van der Waals surface area (Å²) in [5, 5.41) is 14.1. The van der Waals surface area contributed by atoms with Gasteiger partial charge >= 0.3 is 0 Å². The number of carbonyl (C=O) groups excluding carboxylic acids is 1. The summed E-state index contributed by atoms with van der Waals surface area (Å²) in [4.78, 5) is 18.8. The molecule has 1 N–H and O–H groups in total. The molecular formula is C19H20N6O2. The van der Waals surface area contributed by atoms with Crippen LogP contribution in [0.15, 0.2) is 48.7 Å². The molecule has 0 unspecified atom stereocenters. The third-order valence-corrected chi connectivity index (χ3v) is 4.62. The molecule has 0 saturated carbocycles. The standard InChI is InChI=1S/C19H20N6O2/c26-18(25-11-3-5-17(25)19-21-23-24-22-19)12-14-6-8-16(9-7-14)27-13-15-4-1-2-10-20-15/h1-2,4,6-10,17H,3,5,11-13H2,(H,21,22,23,24)/t17-/m0/s1. The van der Waals surface area contributed by atoms with Crippen molar-refractivity contribution in [1.82, 2.24) is 30.5 Å². The van der Waals surface area contributed by atoms with Crippen LogP contribution in [0.1, 0.15) is 36.0 Å². The van der Waals surface area contributed by atoms with Crippen molar-refractivity contribution < 1.29 is 9.53 Å². The Hall–Kier alpha value is -3.29. The van der Waals surface area contributed by atoms with Crippen LogP contribution in [-0.4, -0.2) is 43.0 Å². The summed E-state index contributed by atoms with van der Waals surface area (Å²) in [6.07, 6.45) is 3.90. The van der Waals surface area contributed by atoms with Crippen LogP contribution in [-0.2, 0) is 17.8 Å². The van der Waals surface area contributed by atoms with Gasteiger partial charge in [-0.3, -0.25) is 9.78 Å². The summed E-state index contributed by atoms with van der Waals surface area (Å²) in [6, 6.07) is 13.2. The average Bonchev–Trinajstić information content (AvgIpc) is 3.39. The fourth-order valence-corrected chi connectivity index (χ4v) is 3.26. The van der Waals surface area contributed by atoms with Crippen molar-refractivity contribution in [3.8, 4) is 5.75 Å². The van der Waals surface area contributed by atoms with Crippen molar-refractivity contribution in [3.63, 3.8) is 0 Å². The van der Waals surface area contributed by atoms with Crippen LogP contribution in [0.4, 0.5) is 0 Å². The lowest BCUT2D eigenvalue weighted by Gasteiger charge is -2.22. The third-order valence-electron chi connectivity index (χ3n) is 4.62. The van der Waals surface area contributed by atoms with E-state index in [0.29, 0.717) is 18.9 Å². The van der Waals surface area contributed by atoms with Crippen LogP contribution in [0, 0.1) is 0 Å². The van der Waals surface area contributed by atoms with Gasteiger partial charge in [0.2, 0.25) is 5.91 Å². The molecule has 1 aliphatic heterocycles. The van der Waals surface area contributed by atoms with Crippen molar-refractivity contribution in [2.24, 2.45) is 0 Å². The van der Waals surface area contributed by atoms with Gasteiger partial charge in [-0.2, -0.15) is 5.21 Å². The summed E-state index contributed by atoms with van der Waals surface area (Å²) in [5.74, 6) is 1.41. The van der Waals surface area contributed by atoms with E-state index in [2.05, 4.69) is 25.6 Å². The summed E-state index contributed by atoms with van der Waals surface area (Å²) in [6.45, 7) is 1.14. The number of pyridine rings is 1. The number of rotatable bonds is 6. The fraction of sp³-hybridized carbons (Fsp3) is 0.316. The van der Waals surface area contributed by atoms with Crippen molar-refractivity contribution in [2.45, 2.75) is 31.9 Å². The molecule has 138 valence electrons. The minimum Gasteiger partial charge on any atom is -0.487 e. The lowest BCUT2D eigenvalue weighted by atomic mass is 10.1. The van der Waals surface area contributed by atoms with Crippen molar-refractivity contribution in [2.75, 3.05) is 6.54 Å². The number of benzene rings is 1. The zero-order valence-corrected chi connectivity index (χ0v) is 14.8. The zero-order chi connectivity index (χ0) is 18.5. The smallest absolute Gasteiger partial charge is 0.227 e. The average molecular weight is 364 g/mol. The van der Waals surface area contributed by atoms with Crippen LogP contribution in [0.3, 0.4) is 0 Å². The Morgan fingerprint density at radius 2 is 2.11 bits per heavy atom. The Bertz CT molecular complexity index is 867. The van der Waals surface area contributed by atoms with Gasteiger partial charge in [0.1, 0.15) is 12.4 Å². The largest absolute Gasteiger partial charge is 0.487 e. The van der Waals surface area contributed by atoms with Crippen LogP contribution in [0.25, 0.3) is 0 Å². The number of hydrogen-bond donors (Lipinski definition) is 1. The molecular weight excluding hydrogens is 344 g/mol. The topological polar surface area (TPSA) is 96.9 Å². The second kappa shape index (κ2) is 7.94. The highest BCUT2D eigenvalue weighted by Crippen LogP contribution is 2.29. The minimum atomic E-state index is -0.0859. The number of carbonyl (C=O) groups is 1. The van der Waals surface area contributed by atoms with Gasteiger partial charge in [-0.1, -0.05) is 23.4 Å². The molecule has 27 heavy (non-hydrogen) atoms. The Morgan fingerprint density at radius 3 is 2.85 bits per heavy atom. The molecule has 4 rings (SSSR count). The lowest BCUT2D eigenvalue weighted by molar-refractivity contribution is -0.131. The molecule has 0 aliphatic carbocycles. The van der Waals surface area contributed by atoms with Crippen LogP contribution >= 0.6 is 0 Å². The molecule has 1 saturated heterocycles. The molecule has 0 bridgehead atoms. The van der Waals surface area contributed by atoms with Gasteiger partial charge in [-0.05, 0) is 42.7 Å². The van der Waals surface area contributed by atoms with Crippen LogP contribution < -0.4 is 4.74 Å². The number of amides is 1. The molecule has 1 fully saturated rings. The maximum atomic E-state index is 12.7. The van der Waals surface area contributed by atoms with Crippen molar-refractivity contribution >= 4 is 5.91 Å². The molecule has 0 radical (unpaired) electrons. The van der Waals surface area contributed by atoms with Gasteiger partial charge in [0, 0.05) is 12.7 Å². The molecule has 0 spiro atoms. The number of nitrogens with zero attached hydrogens (tertiary/aromatic N) is 5. The number of tetrazole rings is 1. The monoisotopic (exact) mass is 364 g/mol. The van der Waals surface area contributed by atoms with Crippen molar-refractivity contribution in [1.29, 1.82) is 0 Å². The second-order valence-electron chi connectivity index (χ2n) is 6.45. The van der Waals surface area contributed by atoms with E-state index in [9.17, 15) is 4.79 Å². The minimum absolute atomic E-state index is 0.0736. The normalized spacial score (nSPS) is 16.4. The van der Waals surface area contributed by atoms with E-state index in [4.69, 9.17) is 4.74 Å². The maximum absolute atomic E-state index is 12.7. The van der Waals surface area contributed by atoms with E-state index in [1.165, 1.54) is 0 Å². The molecule has 1 aliphatic rings. The van der Waals surface area contributed by atoms with E-state index >= 15 is 0 Å². The molecule has 1 amide bonds. The Morgan fingerprint density at radius 1 is 1.22 bits per heavy atom. The van der Waals surface area contributed by atoms with E-state index in [1.54, 1.807) is 6.20 Å². The fourth-order valence-electron chi connectivity index (χ4n) is 3.26. The Kier molecular flexibility index (Phi) is 5.04.